The number of hydrogen-bond acceptors (Lipinski definition) is 4. The zero-order chi connectivity index (χ0) is 13.0. The minimum atomic E-state index is -0.672. The van der Waals surface area contributed by atoms with E-state index in [1.54, 1.807) is 19.2 Å². The van der Waals surface area contributed by atoms with E-state index in [-0.39, 0.29) is 5.91 Å². The van der Waals surface area contributed by atoms with Gasteiger partial charge in [-0.3, -0.25) is 9.80 Å². The number of carbonyl (C=O) groups is 1. The molecule has 17 heavy (non-hydrogen) atoms. The van der Waals surface area contributed by atoms with E-state index in [4.69, 9.17) is 27.9 Å². The van der Waals surface area contributed by atoms with Gasteiger partial charge < -0.3 is 10.5 Å². The summed E-state index contributed by atoms with van der Waals surface area (Å²) in [5.41, 5.74) is 6.58. The lowest BCUT2D eigenvalue weighted by atomic mass is 10.1. The molecular formula is C11H16ClN3O2. The largest absolute Gasteiger partial charge is 0.495 e. The Hall–Kier alpha value is -1.30. The fraction of sp³-hybridized carbons (Fsp3) is 0.364. The maximum absolute atomic E-state index is 11.5. The Morgan fingerprint density at radius 3 is 2.71 bits per heavy atom. The van der Waals surface area contributed by atoms with Crippen LogP contribution in [0.1, 0.15) is 5.56 Å². The minimum Gasteiger partial charge on any atom is -0.495 e. The molecular weight excluding hydrogens is 242 g/mol. The van der Waals surface area contributed by atoms with Gasteiger partial charge in [0.1, 0.15) is 5.75 Å². The van der Waals surface area contributed by atoms with Crippen LogP contribution in [0, 0.1) is 0 Å². The first-order valence-corrected chi connectivity index (χ1v) is 5.43. The van der Waals surface area contributed by atoms with E-state index in [1.807, 2.05) is 6.07 Å². The number of likely N-dealkylation sites (N-methyl/N-ethyl adjacent to an activating group) is 1. The van der Waals surface area contributed by atoms with Gasteiger partial charge in [0.25, 0.3) is 5.91 Å². The van der Waals surface area contributed by atoms with E-state index < -0.39 is 6.04 Å². The summed E-state index contributed by atoms with van der Waals surface area (Å²) in [5.74, 6) is 5.59. The predicted molar refractivity (Wildman–Crippen MR) is 66.6 cm³/mol. The van der Waals surface area contributed by atoms with Crippen LogP contribution in [0.3, 0.4) is 0 Å². The van der Waals surface area contributed by atoms with Crippen LogP contribution < -0.4 is 16.3 Å². The van der Waals surface area contributed by atoms with E-state index in [0.29, 0.717) is 17.2 Å². The number of nitrogens with two attached hydrogens (primary N) is 2. The summed E-state index contributed by atoms with van der Waals surface area (Å²) in [7, 11) is 3.00. The van der Waals surface area contributed by atoms with Gasteiger partial charge in [0.05, 0.1) is 18.2 Å². The van der Waals surface area contributed by atoms with Crippen LogP contribution in [0.15, 0.2) is 18.2 Å². The molecule has 0 spiro atoms. The molecule has 0 heterocycles. The van der Waals surface area contributed by atoms with Crippen LogP contribution in [-0.2, 0) is 11.2 Å². The predicted octanol–water partition coefficient (Wildman–Crippen LogP) is 0.551. The van der Waals surface area contributed by atoms with Gasteiger partial charge >= 0.3 is 0 Å². The van der Waals surface area contributed by atoms with Gasteiger partial charge in [-0.05, 0) is 24.1 Å². The first kappa shape index (κ1) is 13.8. The van der Waals surface area contributed by atoms with Crippen LogP contribution in [-0.4, -0.2) is 31.1 Å². The molecule has 1 unspecified atom stereocenters. The highest BCUT2D eigenvalue weighted by Gasteiger charge is 2.16. The summed E-state index contributed by atoms with van der Waals surface area (Å²) in [4.78, 5) is 11.5. The molecule has 0 saturated heterocycles. The molecule has 1 amide bonds. The fourth-order valence-electron chi connectivity index (χ4n) is 1.44. The Bertz CT molecular complexity index is 410. The minimum absolute atomic E-state index is 0.322. The van der Waals surface area contributed by atoms with E-state index in [1.165, 1.54) is 7.05 Å². The standard InChI is InChI=1S/C11H16ClN3O2/c1-15(14)11(16)9(13)6-7-3-4-10(17-2)8(12)5-7/h3-5,9H,6,13-14H2,1-2H3. The lowest BCUT2D eigenvalue weighted by Gasteiger charge is -2.16. The first-order chi connectivity index (χ1) is 7.95. The second kappa shape index (κ2) is 5.86. The van der Waals surface area contributed by atoms with Gasteiger partial charge in [0, 0.05) is 7.05 Å². The Morgan fingerprint density at radius 2 is 2.24 bits per heavy atom. The fourth-order valence-corrected chi connectivity index (χ4v) is 1.72. The Balaban J connectivity index is 2.75. The Morgan fingerprint density at radius 1 is 1.59 bits per heavy atom. The van der Waals surface area contributed by atoms with Gasteiger partial charge in [-0.1, -0.05) is 17.7 Å². The van der Waals surface area contributed by atoms with Crippen molar-refractivity contribution in [1.82, 2.24) is 5.01 Å². The summed E-state index contributed by atoms with van der Waals surface area (Å²) in [5, 5.41) is 1.47. The molecule has 0 bridgehead atoms. The third kappa shape index (κ3) is 3.59. The molecule has 0 aliphatic rings. The number of nitrogens with zero attached hydrogens (tertiary/aromatic N) is 1. The van der Waals surface area contributed by atoms with Crippen molar-refractivity contribution >= 4 is 17.5 Å². The lowest BCUT2D eigenvalue weighted by Crippen LogP contribution is -2.46. The van der Waals surface area contributed by atoms with Gasteiger partial charge in [0.2, 0.25) is 0 Å². The van der Waals surface area contributed by atoms with Gasteiger partial charge in [-0.25, -0.2) is 5.84 Å². The molecule has 0 radical (unpaired) electrons. The molecule has 6 heteroatoms. The topological polar surface area (TPSA) is 81.6 Å². The van der Waals surface area contributed by atoms with Crippen LogP contribution in [0.2, 0.25) is 5.02 Å². The molecule has 1 aromatic carbocycles. The number of rotatable bonds is 4. The van der Waals surface area contributed by atoms with E-state index in [2.05, 4.69) is 0 Å². The maximum Gasteiger partial charge on any atom is 0.253 e. The van der Waals surface area contributed by atoms with Crippen molar-refractivity contribution in [3.05, 3.63) is 28.8 Å². The summed E-state index contributed by atoms with van der Waals surface area (Å²) < 4.78 is 5.03. The number of hydrazine groups is 1. The van der Waals surface area contributed by atoms with Crippen molar-refractivity contribution in [2.24, 2.45) is 11.6 Å². The molecule has 0 aromatic heterocycles. The van der Waals surface area contributed by atoms with E-state index in [0.717, 1.165) is 10.6 Å². The summed E-state index contributed by atoms with van der Waals surface area (Å²) in [6.45, 7) is 0. The number of methoxy groups -OCH3 is 1. The quantitative estimate of drug-likeness (QED) is 0.469. The molecule has 0 aliphatic heterocycles. The summed E-state index contributed by atoms with van der Waals surface area (Å²) in [6, 6.07) is 4.61. The Labute approximate surface area is 105 Å². The van der Waals surface area contributed by atoms with Crippen molar-refractivity contribution in [1.29, 1.82) is 0 Å². The van der Waals surface area contributed by atoms with Crippen LogP contribution in [0.4, 0.5) is 0 Å². The highest BCUT2D eigenvalue weighted by Crippen LogP contribution is 2.25. The highest BCUT2D eigenvalue weighted by molar-refractivity contribution is 6.32. The van der Waals surface area contributed by atoms with Crippen LogP contribution >= 0.6 is 11.6 Å². The highest BCUT2D eigenvalue weighted by atomic mass is 35.5. The summed E-state index contributed by atoms with van der Waals surface area (Å²) in [6.07, 6.45) is 0.379. The maximum atomic E-state index is 11.5. The number of benzene rings is 1. The zero-order valence-corrected chi connectivity index (χ0v) is 10.6. The first-order valence-electron chi connectivity index (χ1n) is 5.06. The number of carbonyl (C=O) groups excluding carboxylic acids is 1. The van der Waals surface area contributed by atoms with Crippen molar-refractivity contribution in [2.45, 2.75) is 12.5 Å². The van der Waals surface area contributed by atoms with Crippen molar-refractivity contribution < 1.29 is 9.53 Å². The third-order valence-electron chi connectivity index (χ3n) is 2.34. The molecule has 5 nitrogen and oxygen atoms in total. The van der Waals surface area contributed by atoms with Gasteiger partial charge in [-0.2, -0.15) is 0 Å². The smallest absolute Gasteiger partial charge is 0.253 e. The number of halogens is 1. The molecule has 1 atom stereocenters. The molecule has 94 valence electrons. The molecule has 0 saturated carbocycles. The SMILES string of the molecule is COc1ccc(CC(N)C(=O)N(C)N)cc1Cl. The van der Waals surface area contributed by atoms with Gasteiger partial charge in [0.15, 0.2) is 0 Å². The second-order valence-electron chi connectivity index (χ2n) is 3.73. The third-order valence-corrected chi connectivity index (χ3v) is 2.63. The molecule has 0 aliphatic carbocycles. The lowest BCUT2D eigenvalue weighted by molar-refractivity contribution is -0.131. The number of ether oxygens (including phenoxy) is 1. The van der Waals surface area contributed by atoms with Crippen LogP contribution in [0.5, 0.6) is 5.75 Å². The summed E-state index contributed by atoms with van der Waals surface area (Å²) >= 11 is 5.97. The van der Waals surface area contributed by atoms with E-state index >= 15 is 0 Å². The molecule has 1 aromatic rings. The average Bonchev–Trinajstić information content (AvgIpc) is 2.28. The zero-order valence-electron chi connectivity index (χ0n) is 9.81. The van der Waals surface area contributed by atoms with Crippen molar-refractivity contribution in [2.75, 3.05) is 14.2 Å². The van der Waals surface area contributed by atoms with Crippen LogP contribution in [0.25, 0.3) is 0 Å². The van der Waals surface area contributed by atoms with Gasteiger partial charge in [-0.15, -0.1) is 0 Å². The normalized spacial score (nSPS) is 12.1. The molecule has 1 rings (SSSR count). The average molecular weight is 258 g/mol. The van der Waals surface area contributed by atoms with Crippen molar-refractivity contribution in [3.63, 3.8) is 0 Å². The molecule has 4 N–H and O–H groups in total. The Kier molecular flexibility index (Phi) is 4.74. The number of amides is 1. The monoisotopic (exact) mass is 257 g/mol. The molecule has 0 fully saturated rings. The van der Waals surface area contributed by atoms with Crippen molar-refractivity contribution in [3.8, 4) is 5.75 Å². The second-order valence-corrected chi connectivity index (χ2v) is 4.14. The van der Waals surface area contributed by atoms with E-state index in [9.17, 15) is 4.79 Å². The number of hydrogen-bond donors (Lipinski definition) is 2.